The summed E-state index contributed by atoms with van der Waals surface area (Å²) in [6.07, 6.45) is 2.72. The average Bonchev–Trinajstić information content (AvgIpc) is 1.98. The summed E-state index contributed by atoms with van der Waals surface area (Å²) >= 11 is 5.55. The number of hydrogen-bond acceptors (Lipinski definition) is 1. The molecule has 1 rings (SSSR count). The van der Waals surface area contributed by atoms with Gasteiger partial charge in [0.2, 0.25) is 5.28 Å². The fourth-order valence-electron chi connectivity index (χ4n) is 0.415. The highest BCUT2D eigenvalue weighted by molar-refractivity contribution is 6.28. The van der Waals surface area contributed by atoms with Gasteiger partial charge in [-0.2, -0.15) is 0 Å². The van der Waals surface area contributed by atoms with Crippen molar-refractivity contribution in [3.63, 3.8) is 0 Å². The van der Waals surface area contributed by atoms with Crippen molar-refractivity contribution in [3.05, 3.63) is 17.2 Å². The van der Waals surface area contributed by atoms with Crippen molar-refractivity contribution in [2.24, 2.45) is 7.05 Å². The molecule has 1 aromatic heterocycles. The van der Waals surface area contributed by atoms with Crippen LogP contribution in [0.3, 0.4) is 0 Å². The van der Waals surface area contributed by atoms with Crippen LogP contribution in [0.2, 0.25) is 5.28 Å². The highest BCUT2D eigenvalue weighted by Crippen LogP contribution is 2.04. The van der Waals surface area contributed by atoms with Crippen LogP contribution in [0.15, 0.2) is 0 Å². The van der Waals surface area contributed by atoms with Crippen LogP contribution in [0, 0.1) is 13.1 Å². The number of imidazole rings is 1. The zero-order chi connectivity index (χ0) is 6.15. The maximum absolute atomic E-state index is 5.55. The van der Waals surface area contributed by atoms with Gasteiger partial charge in [-0.15, -0.1) is 0 Å². The first kappa shape index (κ1) is 5.63. The molecule has 2 nitrogen and oxygen atoms in total. The summed E-state index contributed by atoms with van der Waals surface area (Å²) in [5.74, 6) is 0. The second kappa shape index (κ2) is 1.78. The summed E-state index contributed by atoms with van der Waals surface area (Å²) in [7, 11) is 1.85. The van der Waals surface area contributed by atoms with Crippen LogP contribution in [0.5, 0.6) is 0 Å². The summed E-state index contributed by atoms with van der Waals surface area (Å²) in [6.45, 7) is 1.90. The summed E-state index contributed by atoms with van der Waals surface area (Å²) in [6, 6.07) is 0. The molecular weight excluding hydrogens is 124 g/mol. The normalized spacial score (nSPS) is 9.88. The lowest BCUT2D eigenvalue weighted by Gasteiger charge is -1.91. The first-order chi connectivity index (χ1) is 3.72. The highest BCUT2D eigenvalue weighted by Gasteiger charge is 1.96. The molecular formula is C5H6ClN2. The molecule has 0 fully saturated rings. The SMILES string of the molecule is Cc1[c]nc(Cl)n1C. The topological polar surface area (TPSA) is 17.8 Å². The number of nitrogens with zero attached hydrogens (tertiary/aromatic N) is 2. The molecule has 0 aliphatic carbocycles. The monoisotopic (exact) mass is 129 g/mol. The van der Waals surface area contributed by atoms with Gasteiger partial charge in [0.1, 0.15) is 6.20 Å². The van der Waals surface area contributed by atoms with E-state index in [0.717, 1.165) is 5.69 Å². The minimum Gasteiger partial charge on any atom is -0.322 e. The second-order valence-electron chi connectivity index (χ2n) is 1.64. The molecule has 0 bridgehead atoms. The molecule has 1 heterocycles. The highest BCUT2D eigenvalue weighted by atomic mass is 35.5. The van der Waals surface area contributed by atoms with E-state index < -0.39 is 0 Å². The maximum Gasteiger partial charge on any atom is 0.203 e. The molecule has 1 radical (unpaired) electrons. The van der Waals surface area contributed by atoms with E-state index in [4.69, 9.17) is 11.6 Å². The van der Waals surface area contributed by atoms with Crippen LogP contribution in [-0.4, -0.2) is 9.55 Å². The summed E-state index contributed by atoms with van der Waals surface area (Å²) in [5, 5.41) is 0.488. The Labute approximate surface area is 53.1 Å². The Kier molecular flexibility index (Phi) is 1.26. The van der Waals surface area contributed by atoms with Gasteiger partial charge in [-0.1, -0.05) is 0 Å². The molecule has 0 amide bonds. The summed E-state index contributed by atoms with van der Waals surface area (Å²) in [4.78, 5) is 3.72. The van der Waals surface area contributed by atoms with E-state index in [2.05, 4.69) is 11.2 Å². The van der Waals surface area contributed by atoms with E-state index in [1.165, 1.54) is 0 Å². The van der Waals surface area contributed by atoms with E-state index in [-0.39, 0.29) is 0 Å². The van der Waals surface area contributed by atoms with Crippen LogP contribution in [0.4, 0.5) is 0 Å². The van der Waals surface area contributed by atoms with Crippen molar-refractivity contribution in [1.29, 1.82) is 0 Å². The third-order valence-electron chi connectivity index (χ3n) is 1.09. The first-order valence-electron chi connectivity index (χ1n) is 2.28. The Morgan fingerprint density at radius 3 is 2.50 bits per heavy atom. The second-order valence-corrected chi connectivity index (χ2v) is 1.98. The van der Waals surface area contributed by atoms with Crippen molar-refractivity contribution in [2.75, 3.05) is 0 Å². The first-order valence-corrected chi connectivity index (χ1v) is 2.66. The van der Waals surface area contributed by atoms with Gasteiger partial charge in [0, 0.05) is 12.7 Å². The Balaban J connectivity index is 3.19. The van der Waals surface area contributed by atoms with Gasteiger partial charge < -0.3 is 4.57 Å². The van der Waals surface area contributed by atoms with Gasteiger partial charge in [-0.3, -0.25) is 0 Å². The third kappa shape index (κ3) is 0.713. The molecule has 0 atom stereocenters. The summed E-state index contributed by atoms with van der Waals surface area (Å²) in [5.41, 5.74) is 0.954. The van der Waals surface area contributed by atoms with E-state index in [1.807, 2.05) is 14.0 Å². The van der Waals surface area contributed by atoms with Crippen LogP contribution in [0.1, 0.15) is 5.69 Å². The molecule has 43 valence electrons. The number of hydrogen-bond donors (Lipinski definition) is 0. The van der Waals surface area contributed by atoms with Crippen molar-refractivity contribution >= 4 is 11.6 Å². The molecule has 0 aromatic carbocycles. The largest absolute Gasteiger partial charge is 0.322 e. The molecule has 0 aliphatic rings. The van der Waals surface area contributed by atoms with Crippen LogP contribution in [0.25, 0.3) is 0 Å². The van der Waals surface area contributed by atoms with Gasteiger partial charge in [-0.05, 0) is 18.5 Å². The predicted molar refractivity (Wildman–Crippen MR) is 31.8 cm³/mol. The van der Waals surface area contributed by atoms with E-state index in [9.17, 15) is 0 Å². The molecule has 0 saturated heterocycles. The Morgan fingerprint density at radius 1 is 1.75 bits per heavy atom. The Bertz CT molecular complexity index is 173. The van der Waals surface area contributed by atoms with Gasteiger partial charge >= 0.3 is 0 Å². The smallest absolute Gasteiger partial charge is 0.203 e. The minimum absolute atomic E-state index is 0.488. The lowest BCUT2D eigenvalue weighted by molar-refractivity contribution is 0.874. The number of rotatable bonds is 0. The fraction of sp³-hybridized carbons (Fsp3) is 0.400. The molecule has 8 heavy (non-hydrogen) atoms. The number of aromatic nitrogens is 2. The van der Waals surface area contributed by atoms with Gasteiger partial charge in [0.15, 0.2) is 0 Å². The predicted octanol–water partition coefficient (Wildman–Crippen LogP) is 1.18. The molecule has 3 heteroatoms. The zero-order valence-corrected chi connectivity index (χ0v) is 5.53. The van der Waals surface area contributed by atoms with Gasteiger partial charge in [0.05, 0.1) is 0 Å². The van der Waals surface area contributed by atoms with Crippen molar-refractivity contribution in [2.45, 2.75) is 6.92 Å². The van der Waals surface area contributed by atoms with Crippen LogP contribution in [-0.2, 0) is 7.05 Å². The van der Waals surface area contributed by atoms with Crippen molar-refractivity contribution in [3.8, 4) is 0 Å². The zero-order valence-electron chi connectivity index (χ0n) is 4.77. The number of aryl methyl sites for hydroxylation is 1. The van der Waals surface area contributed by atoms with Crippen molar-refractivity contribution in [1.82, 2.24) is 9.55 Å². The molecule has 0 aliphatic heterocycles. The average molecular weight is 130 g/mol. The lowest BCUT2D eigenvalue weighted by atomic mass is 10.5. The molecule has 0 N–H and O–H groups in total. The lowest BCUT2D eigenvalue weighted by Crippen LogP contribution is -1.88. The quantitative estimate of drug-likeness (QED) is 0.515. The van der Waals surface area contributed by atoms with Gasteiger partial charge in [0.25, 0.3) is 0 Å². The molecule has 0 saturated carbocycles. The molecule has 1 aromatic rings. The van der Waals surface area contributed by atoms with Crippen LogP contribution >= 0.6 is 11.6 Å². The standard InChI is InChI=1S/C5H6ClN2/c1-4-3-7-5(6)8(4)2/h1-2H3. The van der Waals surface area contributed by atoms with Crippen molar-refractivity contribution < 1.29 is 0 Å². The maximum atomic E-state index is 5.55. The summed E-state index contributed by atoms with van der Waals surface area (Å²) < 4.78 is 1.77. The Morgan fingerprint density at radius 2 is 2.38 bits per heavy atom. The van der Waals surface area contributed by atoms with Crippen LogP contribution < -0.4 is 0 Å². The van der Waals surface area contributed by atoms with Gasteiger partial charge in [-0.25, -0.2) is 4.98 Å². The molecule has 0 unspecified atom stereocenters. The van der Waals surface area contributed by atoms with E-state index in [0.29, 0.717) is 5.28 Å². The van der Waals surface area contributed by atoms with E-state index >= 15 is 0 Å². The Hall–Kier alpha value is -0.500. The minimum atomic E-state index is 0.488. The molecule has 0 spiro atoms. The third-order valence-corrected chi connectivity index (χ3v) is 1.43. The fourth-order valence-corrected chi connectivity index (χ4v) is 0.584. The number of halogens is 1. The van der Waals surface area contributed by atoms with E-state index in [1.54, 1.807) is 4.57 Å².